The van der Waals surface area contributed by atoms with Crippen LogP contribution in [0.2, 0.25) is 0 Å². The summed E-state index contributed by atoms with van der Waals surface area (Å²) in [5, 5.41) is 17.0. The number of anilines is 1. The van der Waals surface area contributed by atoms with Crippen LogP contribution in [0.4, 0.5) is 5.69 Å². The van der Waals surface area contributed by atoms with Crippen LogP contribution in [0.5, 0.6) is 0 Å². The molecule has 0 aromatic heterocycles. The Balaban J connectivity index is 2.23. The fraction of sp³-hybridized carbons (Fsp3) is 0.188. The molecule has 1 heterocycles. The van der Waals surface area contributed by atoms with Gasteiger partial charge in [0.25, 0.3) is 5.91 Å². The van der Waals surface area contributed by atoms with E-state index in [1.807, 2.05) is 37.4 Å². The molecule has 3 N–H and O–H groups in total. The number of β-amino-alcohol motifs (C(OH)–C–C–N with tert-alkyl or cyclic N) is 1. The van der Waals surface area contributed by atoms with Gasteiger partial charge in [-0.25, -0.2) is 0 Å². The van der Waals surface area contributed by atoms with E-state index in [0.29, 0.717) is 11.1 Å². The summed E-state index contributed by atoms with van der Waals surface area (Å²) in [5.41, 5.74) is 1.55. The van der Waals surface area contributed by atoms with E-state index < -0.39 is 5.60 Å². The van der Waals surface area contributed by atoms with Crippen molar-refractivity contribution in [3.8, 4) is 0 Å². The molecule has 0 fully saturated rings. The average Bonchev–Trinajstić information content (AvgIpc) is 2.51. The molecule has 1 aliphatic rings. The van der Waals surface area contributed by atoms with E-state index in [4.69, 9.17) is 0 Å². The fourth-order valence-corrected chi connectivity index (χ4v) is 2.74. The fourth-order valence-electron chi connectivity index (χ4n) is 2.74. The first-order valence-electron chi connectivity index (χ1n) is 6.54. The number of nitrogens with one attached hydrogen (secondary N) is 2. The van der Waals surface area contributed by atoms with Crippen LogP contribution in [0.3, 0.4) is 0 Å². The third-order valence-corrected chi connectivity index (χ3v) is 3.76. The van der Waals surface area contributed by atoms with E-state index in [9.17, 15) is 9.90 Å². The van der Waals surface area contributed by atoms with E-state index >= 15 is 0 Å². The Morgan fingerprint density at radius 1 is 1.10 bits per heavy atom. The first kappa shape index (κ1) is 12.7. The predicted octanol–water partition coefficient (Wildman–Crippen LogP) is 1.71. The molecule has 1 amide bonds. The third kappa shape index (κ3) is 1.77. The number of hydrogen-bond donors (Lipinski definition) is 3. The number of benzene rings is 2. The maximum Gasteiger partial charge on any atom is 0.251 e. The molecule has 1 aliphatic heterocycles. The van der Waals surface area contributed by atoms with Crippen LogP contribution in [-0.4, -0.2) is 24.6 Å². The molecule has 1 atom stereocenters. The smallest absolute Gasteiger partial charge is 0.251 e. The van der Waals surface area contributed by atoms with Gasteiger partial charge in [-0.05, 0) is 12.1 Å². The second kappa shape index (κ2) is 4.65. The lowest BCUT2D eigenvalue weighted by Crippen LogP contribution is -2.47. The minimum atomic E-state index is -1.22. The number of carbonyl (C=O) groups excluding carboxylic acids is 1. The van der Waals surface area contributed by atoms with Crippen molar-refractivity contribution in [2.24, 2.45) is 0 Å². The van der Waals surface area contributed by atoms with E-state index in [0.717, 1.165) is 11.3 Å². The summed E-state index contributed by atoms with van der Waals surface area (Å²) < 4.78 is 0. The van der Waals surface area contributed by atoms with Crippen LogP contribution >= 0.6 is 0 Å². The van der Waals surface area contributed by atoms with Gasteiger partial charge in [-0.2, -0.15) is 0 Å². The molecule has 2 aromatic rings. The van der Waals surface area contributed by atoms with Gasteiger partial charge in [0.2, 0.25) is 0 Å². The number of fused-ring (bicyclic) bond motifs is 1. The highest BCUT2D eigenvalue weighted by Crippen LogP contribution is 2.37. The van der Waals surface area contributed by atoms with Gasteiger partial charge < -0.3 is 15.7 Å². The molecule has 2 aromatic carbocycles. The van der Waals surface area contributed by atoms with E-state index in [2.05, 4.69) is 10.6 Å². The van der Waals surface area contributed by atoms with Crippen LogP contribution in [-0.2, 0) is 5.60 Å². The minimum absolute atomic E-state index is 0.146. The Bertz CT molecular complexity index is 669. The van der Waals surface area contributed by atoms with Crippen LogP contribution in [0.15, 0.2) is 48.5 Å². The number of amides is 1. The molecule has 3 rings (SSSR count). The number of rotatable bonds is 2. The summed E-state index contributed by atoms with van der Waals surface area (Å²) in [6, 6.07) is 14.8. The average molecular weight is 268 g/mol. The summed E-state index contributed by atoms with van der Waals surface area (Å²) in [6.45, 7) is 0.168. The molecular formula is C16H16N2O2. The zero-order valence-corrected chi connectivity index (χ0v) is 11.2. The standard InChI is InChI=1S/C16H16N2O2/c1-17-14-9-5-4-8-13(14)16(20)10-18-15(19)11-6-2-3-7-12(11)16/h2-9,17,20H,10H2,1H3,(H,18,19). The molecule has 20 heavy (non-hydrogen) atoms. The molecule has 0 aliphatic carbocycles. The van der Waals surface area contributed by atoms with Gasteiger partial charge >= 0.3 is 0 Å². The first-order chi connectivity index (χ1) is 9.66. The Morgan fingerprint density at radius 2 is 1.75 bits per heavy atom. The van der Waals surface area contributed by atoms with Crippen molar-refractivity contribution >= 4 is 11.6 Å². The number of hydrogen-bond acceptors (Lipinski definition) is 3. The molecule has 4 heteroatoms. The second-order valence-electron chi connectivity index (χ2n) is 4.88. The zero-order valence-electron chi connectivity index (χ0n) is 11.2. The van der Waals surface area contributed by atoms with Crippen LogP contribution < -0.4 is 10.6 Å². The minimum Gasteiger partial charge on any atom is -0.388 e. The Labute approximate surface area is 117 Å². The molecule has 0 saturated heterocycles. The van der Waals surface area contributed by atoms with Gasteiger partial charge in [0.1, 0.15) is 5.60 Å². The lowest BCUT2D eigenvalue weighted by Gasteiger charge is -2.36. The SMILES string of the molecule is CNc1ccccc1C1(O)CNC(=O)c2ccccc21. The zero-order chi connectivity index (χ0) is 14.2. The lowest BCUT2D eigenvalue weighted by molar-refractivity contribution is 0.0608. The normalized spacial score (nSPS) is 21.0. The highest BCUT2D eigenvalue weighted by Gasteiger charge is 2.40. The van der Waals surface area contributed by atoms with E-state index in [-0.39, 0.29) is 12.5 Å². The van der Waals surface area contributed by atoms with Crippen molar-refractivity contribution in [3.63, 3.8) is 0 Å². The first-order valence-corrected chi connectivity index (χ1v) is 6.54. The number of carbonyl (C=O) groups is 1. The summed E-state index contributed by atoms with van der Waals surface area (Å²) >= 11 is 0. The lowest BCUT2D eigenvalue weighted by atomic mass is 9.80. The molecule has 4 nitrogen and oxygen atoms in total. The van der Waals surface area contributed by atoms with Gasteiger partial charge in [0.05, 0.1) is 6.54 Å². The predicted molar refractivity (Wildman–Crippen MR) is 77.8 cm³/mol. The third-order valence-electron chi connectivity index (χ3n) is 3.76. The number of para-hydroxylation sites is 1. The van der Waals surface area contributed by atoms with E-state index in [1.54, 1.807) is 18.2 Å². The quantitative estimate of drug-likeness (QED) is 0.777. The maximum atomic E-state index is 11.9. The Kier molecular flexibility index (Phi) is 2.95. The molecule has 0 radical (unpaired) electrons. The van der Waals surface area contributed by atoms with Crippen LogP contribution in [0.25, 0.3) is 0 Å². The summed E-state index contributed by atoms with van der Waals surface area (Å²) in [6.07, 6.45) is 0. The molecule has 0 saturated carbocycles. The van der Waals surface area contributed by atoms with Gasteiger partial charge in [0, 0.05) is 29.4 Å². The second-order valence-corrected chi connectivity index (χ2v) is 4.88. The van der Waals surface area contributed by atoms with Crippen molar-refractivity contribution in [1.29, 1.82) is 0 Å². The Hall–Kier alpha value is -2.33. The molecule has 102 valence electrons. The highest BCUT2D eigenvalue weighted by atomic mass is 16.3. The van der Waals surface area contributed by atoms with Gasteiger partial charge in [-0.3, -0.25) is 4.79 Å². The van der Waals surface area contributed by atoms with Crippen LogP contribution in [0, 0.1) is 0 Å². The largest absolute Gasteiger partial charge is 0.388 e. The maximum absolute atomic E-state index is 11.9. The van der Waals surface area contributed by atoms with Gasteiger partial charge in [-0.1, -0.05) is 36.4 Å². The molecule has 1 unspecified atom stereocenters. The highest BCUT2D eigenvalue weighted by molar-refractivity contribution is 5.97. The van der Waals surface area contributed by atoms with Crippen molar-refractivity contribution in [2.45, 2.75) is 5.60 Å². The monoisotopic (exact) mass is 268 g/mol. The van der Waals surface area contributed by atoms with Crippen molar-refractivity contribution < 1.29 is 9.90 Å². The molecule has 0 bridgehead atoms. The van der Waals surface area contributed by atoms with Crippen molar-refractivity contribution in [1.82, 2.24) is 5.32 Å². The van der Waals surface area contributed by atoms with Crippen molar-refractivity contribution in [2.75, 3.05) is 18.9 Å². The Morgan fingerprint density at radius 3 is 2.50 bits per heavy atom. The van der Waals surface area contributed by atoms with Crippen LogP contribution in [0.1, 0.15) is 21.5 Å². The number of aliphatic hydroxyl groups is 1. The summed E-state index contributed by atoms with van der Waals surface area (Å²) in [7, 11) is 1.81. The van der Waals surface area contributed by atoms with Crippen molar-refractivity contribution in [3.05, 3.63) is 65.2 Å². The summed E-state index contributed by atoms with van der Waals surface area (Å²) in [4.78, 5) is 11.9. The summed E-state index contributed by atoms with van der Waals surface area (Å²) in [5.74, 6) is -0.146. The molecular weight excluding hydrogens is 252 g/mol. The van der Waals surface area contributed by atoms with Gasteiger partial charge in [0.15, 0.2) is 0 Å². The molecule has 0 spiro atoms. The van der Waals surface area contributed by atoms with Gasteiger partial charge in [-0.15, -0.1) is 0 Å². The van der Waals surface area contributed by atoms with E-state index in [1.165, 1.54) is 0 Å². The topological polar surface area (TPSA) is 61.4 Å².